The van der Waals surface area contributed by atoms with Crippen LogP contribution in [0.1, 0.15) is 6.92 Å². The number of carbonyl (C=O) groups is 1. The Kier molecular flexibility index (Phi) is 2.11. The first-order chi connectivity index (χ1) is 7.09. The number of rotatable bonds is 1. The summed E-state index contributed by atoms with van der Waals surface area (Å²) in [6.07, 6.45) is 1.18. The van der Waals surface area contributed by atoms with Crippen LogP contribution in [0.2, 0.25) is 0 Å². The Morgan fingerprint density at radius 3 is 2.80 bits per heavy atom. The van der Waals surface area contributed by atoms with Gasteiger partial charge < -0.3 is 5.73 Å². The summed E-state index contributed by atoms with van der Waals surface area (Å²) in [7, 11) is 0. The van der Waals surface area contributed by atoms with Crippen LogP contribution in [0.4, 0.5) is 15.8 Å². The van der Waals surface area contributed by atoms with Crippen molar-refractivity contribution in [3.8, 4) is 0 Å². The van der Waals surface area contributed by atoms with E-state index in [0.717, 1.165) is 5.01 Å². The monoisotopic (exact) mass is 208 g/mol. The molecule has 0 unspecified atom stereocenters. The van der Waals surface area contributed by atoms with E-state index in [1.165, 1.54) is 25.4 Å². The van der Waals surface area contributed by atoms with Crippen LogP contribution in [0, 0.1) is 0 Å². The largest absolute Gasteiger partial charge is 0.397 e. The van der Waals surface area contributed by atoms with Crippen LogP contribution in [-0.4, -0.2) is 22.8 Å². The van der Waals surface area contributed by atoms with Gasteiger partial charge in [0.25, 0.3) is 5.91 Å². The van der Waals surface area contributed by atoms with E-state index >= 15 is 0 Å². The number of amides is 1. The number of pyridine rings is 1. The van der Waals surface area contributed by atoms with Gasteiger partial charge in [-0.25, -0.2) is 4.39 Å². The summed E-state index contributed by atoms with van der Waals surface area (Å²) in [5.74, 6) is -0.708. The third-order valence-corrected chi connectivity index (χ3v) is 2.04. The van der Waals surface area contributed by atoms with Gasteiger partial charge in [-0.1, -0.05) is 0 Å². The second-order valence-electron chi connectivity index (χ2n) is 3.23. The van der Waals surface area contributed by atoms with Gasteiger partial charge in [0, 0.05) is 6.20 Å². The summed E-state index contributed by atoms with van der Waals surface area (Å²) in [6, 6.07) is 1.51. The Morgan fingerprint density at radius 2 is 2.27 bits per heavy atom. The normalized spacial score (nSPS) is 20.7. The molecule has 2 N–H and O–H groups in total. The number of hydrazone groups is 1. The maximum absolute atomic E-state index is 13.2. The van der Waals surface area contributed by atoms with E-state index in [9.17, 15) is 9.18 Å². The Labute approximate surface area is 85.4 Å². The first-order valence-electron chi connectivity index (χ1n) is 4.33. The molecule has 0 bridgehead atoms. The summed E-state index contributed by atoms with van der Waals surface area (Å²) in [4.78, 5) is 15.2. The lowest BCUT2D eigenvalue weighted by Gasteiger charge is -2.11. The number of hydrogen-bond donors (Lipinski definition) is 1. The van der Waals surface area contributed by atoms with Crippen molar-refractivity contribution in [2.75, 3.05) is 10.7 Å². The van der Waals surface area contributed by atoms with Crippen molar-refractivity contribution >= 4 is 23.0 Å². The Morgan fingerprint density at radius 1 is 1.53 bits per heavy atom. The van der Waals surface area contributed by atoms with Crippen LogP contribution in [0.25, 0.3) is 0 Å². The maximum atomic E-state index is 13.2. The molecule has 0 aliphatic carbocycles. The van der Waals surface area contributed by atoms with Gasteiger partial charge >= 0.3 is 0 Å². The number of aromatic nitrogens is 1. The summed E-state index contributed by atoms with van der Waals surface area (Å²) in [5.41, 5.74) is 6.41. The zero-order chi connectivity index (χ0) is 11.0. The quantitative estimate of drug-likeness (QED) is 0.739. The maximum Gasteiger partial charge on any atom is 0.287 e. The SMILES string of the molecule is CC1=NN(c2cncc(N)c2)C(=O)[C@@H]1F. The van der Waals surface area contributed by atoms with Crippen molar-refractivity contribution in [2.24, 2.45) is 5.10 Å². The molecule has 0 radical (unpaired) electrons. The number of halogens is 1. The third kappa shape index (κ3) is 1.54. The van der Waals surface area contributed by atoms with Crippen LogP contribution in [0.3, 0.4) is 0 Å². The minimum absolute atomic E-state index is 0.141. The zero-order valence-electron chi connectivity index (χ0n) is 8.01. The lowest BCUT2D eigenvalue weighted by atomic mass is 10.2. The van der Waals surface area contributed by atoms with E-state index in [1.54, 1.807) is 0 Å². The zero-order valence-corrected chi connectivity index (χ0v) is 8.01. The predicted molar refractivity (Wildman–Crippen MR) is 54.1 cm³/mol. The molecule has 6 heteroatoms. The van der Waals surface area contributed by atoms with E-state index in [1.807, 2.05) is 0 Å². The molecule has 78 valence electrons. The number of nitrogens with two attached hydrogens (primary N) is 1. The van der Waals surface area contributed by atoms with Crippen molar-refractivity contribution in [1.82, 2.24) is 4.98 Å². The molecule has 1 aliphatic heterocycles. The summed E-state index contributed by atoms with van der Waals surface area (Å²) < 4.78 is 13.2. The number of alkyl halides is 1. The molecular weight excluding hydrogens is 199 g/mol. The number of carbonyl (C=O) groups excluding carboxylic acids is 1. The van der Waals surface area contributed by atoms with E-state index < -0.39 is 12.1 Å². The highest BCUT2D eigenvalue weighted by Gasteiger charge is 2.34. The molecule has 2 heterocycles. The molecule has 1 amide bonds. The number of anilines is 2. The lowest BCUT2D eigenvalue weighted by Crippen LogP contribution is -2.28. The van der Waals surface area contributed by atoms with Crippen LogP contribution < -0.4 is 10.7 Å². The molecule has 1 aromatic rings. The summed E-state index contributed by atoms with van der Waals surface area (Å²) in [5, 5.41) is 4.77. The van der Waals surface area contributed by atoms with Crippen molar-refractivity contribution in [3.05, 3.63) is 18.5 Å². The molecule has 15 heavy (non-hydrogen) atoms. The fraction of sp³-hybridized carbons (Fsp3) is 0.222. The second-order valence-corrected chi connectivity index (χ2v) is 3.23. The van der Waals surface area contributed by atoms with Gasteiger partial charge in [0.05, 0.1) is 23.3 Å². The van der Waals surface area contributed by atoms with Crippen LogP contribution >= 0.6 is 0 Å². The number of nitrogens with zero attached hydrogens (tertiary/aromatic N) is 3. The molecule has 1 atom stereocenters. The Hall–Kier alpha value is -1.98. The van der Waals surface area contributed by atoms with Crippen molar-refractivity contribution in [1.29, 1.82) is 0 Å². The van der Waals surface area contributed by atoms with E-state index in [0.29, 0.717) is 11.4 Å². The fourth-order valence-electron chi connectivity index (χ4n) is 1.29. The van der Waals surface area contributed by atoms with Crippen LogP contribution in [0.15, 0.2) is 23.6 Å². The summed E-state index contributed by atoms with van der Waals surface area (Å²) in [6.45, 7) is 1.46. The average molecular weight is 208 g/mol. The molecule has 5 nitrogen and oxygen atoms in total. The minimum Gasteiger partial charge on any atom is -0.397 e. The van der Waals surface area contributed by atoms with Gasteiger partial charge in [-0.2, -0.15) is 10.1 Å². The average Bonchev–Trinajstić information content (AvgIpc) is 2.46. The predicted octanol–water partition coefficient (Wildman–Crippen LogP) is 0.724. The van der Waals surface area contributed by atoms with Crippen molar-refractivity contribution in [2.45, 2.75) is 13.1 Å². The third-order valence-electron chi connectivity index (χ3n) is 2.04. The van der Waals surface area contributed by atoms with Gasteiger partial charge in [0.1, 0.15) is 0 Å². The molecule has 0 saturated carbocycles. The van der Waals surface area contributed by atoms with Gasteiger partial charge in [-0.05, 0) is 13.0 Å². The molecule has 1 aromatic heterocycles. The van der Waals surface area contributed by atoms with Gasteiger partial charge in [-0.3, -0.25) is 9.78 Å². The van der Waals surface area contributed by atoms with Crippen LogP contribution in [0.5, 0.6) is 0 Å². The molecule has 1 aliphatic rings. The standard InChI is InChI=1S/C9H9FN4O/c1-5-8(10)9(15)14(13-5)7-2-6(11)3-12-4-7/h2-4,8H,11H2,1H3/t8-/m1/s1. The highest BCUT2D eigenvalue weighted by Crippen LogP contribution is 2.22. The van der Waals surface area contributed by atoms with Gasteiger partial charge in [0.15, 0.2) is 0 Å². The molecule has 2 rings (SSSR count). The topological polar surface area (TPSA) is 71.6 Å². The van der Waals surface area contributed by atoms with Crippen molar-refractivity contribution in [3.63, 3.8) is 0 Å². The van der Waals surface area contributed by atoms with Crippen molar-refractivity contribution < 1.29 is 9.18 Å². The Bertz CT molecular complexity index is 445. The molecular formula is C9H9FN4O. The highest BCUT2D eigenvalue weighted by molar-refractivity contribution is 6.17. The minimum atomic E-state index is -1.66. The molecule has 0 aromatic carbocycles. The first-order valence-corrected chi connectivity index (χ1v) is 4.33. The smallest absolute Gasteiger partial charge is 0.287 e. The molecule has 0 spiro atoms. The number of hydrogen-bond acceptors (Lipinski definition) is 4. The highest BCUT2D eigenvalue weighted by atomic mass is 19.1. The van der Waals surface area contributed by atoms with E-state index in [-0.39, 0.29) is 5.71 Å². The van der Waals surface area contributed by atoms with E-state index in [2.05, 4.69) is 10.1 Å². The van der Waals surface area contributed by atoms with Gasteiger partial charge in [-0.15, -0.1) is 0 Å². The van der Waals surface area contributed by atoms with Crippen LogP contribution in [-0.2, 0) is 4.79 Å². The molecule has 0 fully saturated rings. The summed E-state index contributed by atoms with van der Waals surface area (Å²) >= 11 is 0. The van der Waals surface area contributed by atoms with E-state index in [4.69, 9.17) is 5.73 Å². The first kappa shape index (κ1) is 9.57. The van der Waals surface area contributed by atoms with Gasteiger partial charge in [0.2, 0.25) is 6.17 Å². The Balaban J connectivity index is 2.37. The lowest BCUT2D eigenvalue weighted by molar-refractivity contribution is -0.120. The fourth-order valence-corrected chi connectivity index (χ4v) is 1.29. The molecule has 0 saturated heterocycles. The number of nitrogen functional groups attached to an aromatic ring is 1. The second kappa shape index (κ2) is 3.30.